The second-order valence-corrected chi connectivity index (χ2v) is 3.93. The molecule has 0 fully saturated rings. The Morgan fingerprint density at radius 1 is 1.35 bits per heavy atom. The van der Waals surface area contributed by atoms with E-state index in [9.17, 15) is 9.59 Å². The minimum Gasteiger partial charge on any atom is -0.479 e. The van der Waals surface area contributed by atoms with Crippen molar-refractivity contribution in [1.29, 1.82) is 0 Å². The van der Waals surface area contributed by atoms with Crippen molar-refractivity contribution in [2.45, 2.75) is 25.9 Å². The molecule has 2 N–H and O–H groups in total. The Bertz CT molecular complexity index is 344. The van der Waals surface area contributed by atoms with Crippen molar-refractivity contribution in [1.82, 2.24) is 0 Å². The monoisotopic (exact) mass is 260 g/mol. The zero-order valence-corrected chi connectivity index (χ0v) is 10.8. The molecule has 0 radical (unpaired) electrons. The highest BCUT2D eigenvalue weighted by molar-refractivity contribution is 7.09. The Kier molecular flexibility index (Phi) is 6.45. The Labute approximate surface area is 104 Å². The lowest BCUT2D eigenvalue weighted by atomic mass is 9.99. The van der Waals surface area contributed by atoms with E-state index in [0.717, 1.165) is 7.11 Å². The van der Waals surface area contributed by atoms with Gasteiger partial charge in [-0.3, -0.25) is 0 Å². The first-order valence-corrected chi connectivity index (χ1v) is 5.95. The molecule has 1 heterocycles. The lowest BCUT2D eigenvalue weighted by Gasteiger charge is -2.22. The molecule has 0 amide bonds. The van der Waals surface area contributed by atoms with Gasteiger partial charge in [-0.25, -0.2) is 9.59 Å². The number of carbonyl (C=O) groups is 2. The van der Waals surface area contributed by atoms with Gasteiger partial charge in [0.25, 0.3) is 5.60 Å². The fraction of sp³-hybridized carbons (Fsp3) is 0.455. The van der Waals surface area contributed by atoms with Gasteiger partial charge in [0, 0.05) is 18.4 Å². The molecule has 96 valence electrons. The van der Waals surface area contributed by atoms with E-state index in [4.69, 9.17) is 10.2 Å². The largest absolute Gasteiger partial charge is 0.479 e. The van der Waals surface area contributed by atoms with Crippen LogP contribution in [0.15, 0.2) is 17.5 Å². The first kappa shape index (κ1) is 15.6. The summed E-state index contributed by atoms with van der Waals surface area (Å²) in [4.78, 5) is 22.5. The van der Waals surface area contributed by atoms with Gasteiger partial charge in [0.15, 0.2) is 0 Å². The molecule has 1 aromatic heterocycles. The molecule has 0 saturated carbocycles. The molecule has 1 rings (SSSR count). The van der Waals surface area contributed by atoms with Gasteiger partial charge in [0.05, 0.1) is 0 Å². The number of carboxylic acids is 2. The Morgan fingerprint density at radius 2 is 1.88 bits per heavy atom. The number of aliphatic carboxylic acids is 2. The highest BCUT2D eigenvalue weighted by Gasteiger charge is 2.47. The summed E-state index contributed by atoms with van der Waals surface area (Å²) in [6, 6.07) is 3.40. The van der Waals surface area contributed by atoms with Crippen LogP contribution in [0.1, 0.15) is 18.7 Å². The van der Waals surface area contributed by atoms with E-state index in [1.807, 2.05) is 13.8 Å². The van der Waals surface area contributed by atoms with Crippen molar-refractivity contribution in [3.8, 4) is 0 Å². The van der Waals surface area contributed by atoms with Crippen molar-refractivity contribution in [3.05, 3.63) is 22.4 Å². The van der Waals surface area contributed by atoms with Crippen LogP contribution in [-0.4, -0.2) is 34.9 Å². The maximum absolute atomic E-state index is 10.9. The van der Waals surface area contributed by atoms with Crippen LogP contribution in [0.3, 0.4) is 0 Å². The third-order valence-corrected chi connectivity index (χ3v) is 2.92. The van der Waals surface area contributed by atoms with Crippen LogP contribution in [0.2, 0.25) is 0 Å². The average Bonchev–Trinajstić information content (AvgIpc) is 2.80. The molecular weight excluding hydrogens is 244 g/mol. The first-order valence-electron chi connectivity index (χ1n) is 5.07. The summed E-state index contributed by atoms with van der Waals surface area (Å²) < 4.78 is 4.64. The number of hydrogen-bond acceptors (Lipinski definition) is 4. The Hall–Kier alpha value is -1.40. The maximum atomic E-state index is 10.9. The van der Waals surface area contributed by atoms with E-state index in [1.165, 1.54) is 11.3 Å². The van der Waals surface area contributed by atoms with E-state index < -0.39 is 17.5 Å². The molecule has 0 saturated heterocycles. The van der Waals surface area contributed by atoms with E-state index in [2.05, 4.69) is 4.74 Å². The molecule has 5 nitrogen and oxygen atoms in total. The van der Waals surface area contributed by atoms with E-state index in [1.54, 1.807) is 17.5 Å². The first-order chi connectivity index (χ1) is 8.03. The second kappa shape index (κ2) is 7.03. The standard InChI is InChI=1S/C9H10O5S.C2H6/c1-14-9(7(10)11,8(12)13)5-6-3-2-4-15-6;1-2/h2-4H,5H2,1H3,(H,10,11)(H,12,13);1-2H3. The van der Waals surface area contributed by atoms with E-state index in [-0.39, 0.29) is 6.42 Å². The molecule has 0 atom stereocenters. The summed E-state index contributed by atoms with van der Waals surface area (Å²) >= 11 is 1.29. The normalized spacial score (nSPS) is 10.3. The van der Waals surface area contributed by atoms with Crippen LogP contribution < -0.4 is 0 Å². The Morgan fingerprint density at radius 3 is 2.18 bits per heavy atom. The van der Waals surface area contributed by atoms with Crippen molar-refractivity contribution >= 4 is 23.3 Å². The molecular formula is C11H16O5S. The topological polar surface area (TPSA) is 83.8 Å². The summed E-state index contributed by atoms with van der Waals surface area (Å²) in [7, 11) is 1.08. The van der Waals surface area contributed by atoms with Crippen LogP contribution in [-0.2, 0) is 20.7 Å². The van der Waals surface area contributed by atoms with E-state index >= 15 is 0 Å². The third kappa shape index (κ3) is 3.54. The quantitative estimate of drug-likeness (QED) is 0.789. The van der Waals surface area contributed by atoms with Crippen LogP contribution >= 0.6 is 11.3 Å². The SMILES string of the molecule is CC.COC(Cc1cccs1)(C(=O)O)C(=O)O. The number of rotatable bonds is 5. The summed E-state index contributed by atoms with van der Waals surface area (Å²) in [6.45, 7) is 4.00. The molecule has 0 aliphatic rings. The van der Waals surface area contributed by atoms with Crippen molar-refractivity contribution in [2.75, 3.05) is 7.11 Å². The molecule has 0 aliphatic carbocycles. The highest BCUT2D eigenvalue weighted by Crippen LogP contribution is 2.21. The number of methoxy groups -OCH3 is 1. The van der Waals surface area contributed by atoms with Crippen LogP contribution in [0, 0.1) is 0 Å². The van der Waals surface area contributed by atoms with Crippen LogP contribution in [0.4, 0.5) is 0 Å². The lowest BCUT2D eigenvalue weighted by molar-refractivity contribution is -0.179. The molecule has 0 bridgehead atoms. The van der Waals surface area contributed by atoms with Crippen molar-refractivity contribution < 1.29 is 24.5 Å². The van der Waals surface area contributed by atoms with Gasteiger partial charge in [-0.15, -0.1) is 11.3 Å². The van der Waals surface area contributed by atoms with Gasteiger partial charge < -0.3 is 14.9 Å². The fourth-order valence-electron chi connectivity index (χ4n) is 1.15. The predicted octanol–water partition coefficient (Wildman–Crippen LogP) is 1.87. The maximum Gasteiger partial charge on any atom is 0.348 e. The van der Waals surface area contributed by atoms with Gasteiger partial charge in [0.1, 0.15) is 0 Å². The molecule has 0 aromatic carbocycles. The van der Waals surface area contributed by atoms with Crippen molar-refractivity contribution in [2.24, 2.45) is 0 Å². The van der Waals surface area contributed by atoms with Crippen LogP contribution in [0.25, 0.3) is 0 Å². The summed E-state index contributed by atoms with van der Waals surface area (Å²) in [5.41, 5.74) is -2.19. The molecule has 1 aromatic rings. The average molecular weight is 260 g/mol. The molecule has 17 heavy (non-hydrogen) atoms. The van der Waals surface area contributed by atoms with Crippen LogP contribution in [0.5, 0.6) is 0 Å². The smallest absolute Gasteiger partial charge is 0.348 e. The summed E-state index contributed by atoms with van der Waals surface area (Å²) in [5.74, 6) is -2.99. The minimum atomic E-state index is -2.19. The van der Waals surface area contributed by atoms with Gasteiger partial charge in [-0.2, -0.15) is 0 Å². The molecule has 0 aliphatic heterocycles. The Balaban J connectivity index is 0.00000121. The van der Waals surface area contributed by atoms with Crippen molar-refractivity contribution in [3.63, 3.8) is 0 Å². The van der Waals surface area contributed by atoms with Gasteiger partial charge in [-0.1, -0.05) is 19.9 Å². The summed E-state index contributed by atoms with van der Waals surface area (Å²) in [5, 5.41) is 19.5. The highest BCUT2D eigenvalue weighted by atomic mass is 32.1. The molecule has 6 heteroatoms. The number of thiophene rings is 1. The number of hydrogen-bond donors (Lipinski definition) is 2. The molecule has 0 spiro atoms. The zero-order valence-electron chi connectivity index (χ0n) is 9.97. The fourth-order valence-corrected chi connectivity index (χ4v) is 1.92. The third-order valence-electron chi connectivity index (χ3n) is 2.04. The number of carboxylic acid groups (broad SMARTS) is 2. The zero-order chi connectivity index (χ0) is 13.5. The van der Waals surface area contributed by atoms with Gasteiger partial charge >= 0.3 is 11.9 Å². The summed E-state index contributed by atoms with van der Waals surface area (Å²) in [6.07, 6.45) is -0.175. The lowest BCUT2D eigenvalue weighted by Crippen LogP contribution is -2.50. The van der Waals surface area contributed by atoms with E-state index in [0.29, 0.717) is 4.88 Å². The minimum absolute atomic E-state index is 0.175. The van der Waals surface area contributed by atoms with Gasteiger partial charge in [-0.05, 0) is 11.4 Å². The number of ether oxygens (including phenoxy) is 1. The molecule has 0 unspecified atom stereocenters. The predicted molar refractivity (Wildman–Crippen MR) is 64.4 cm³/mol. The second-order valence-electron chi connectivity index (χ2n) is 2.90. The van der Waals surface area contributed by atoms with Gasteiger partial charge in [0.2, 0.25) is 0 Å².